The number of hydrogen-bond acceptors (Lipinski definition) is 6. The molecule has 1 amide bonds. The van der Waals surface area contributed by atoms with E-state index in [-0.39, 0.29) is 17.1 Å². The molecule has 0 fully saturated rings. The molecule has 4 rings (SSSR count). The number of carbonyl (C=O) groups is 1. The monoisotopic (exact) mass is 436 g/mol. The molecule has 0 radical (unpaired) electrons. The third kappa shape index (κ3) is 3.73. The van der Waals surface area contributed by atoms with Gasteiger partial charge >= 0.3 is 0 Å². The van der Waals surface area contributed by atoms with E-state index in [2.05, 4.69) is 4.90 Å². The molecule has 0 spiro atoms. The Balaban J connectivity index is 1.90. The molecule has 7 heteroatoms. The van der Waals surface area contributed by atoms with Crippen LogP contribution in [0.5, 0.6) is 11.5 Å². The number of nitrogens with zero attached hydrogens (tertiary/aromatic N) is 2. The Labute approximate surface area is 187 Å². The molecule has 2 aromatic carbocycles. The lowest BCUT2D eigenvalue weighted by molar-refractivity contribution is 0.0722. The first kappa shape index (κ1) is 21.9. The van der Waals surface area contributed by atoms with E-state index in [9.17, 15) is 9.59 Å². The van der Waals surface area contributed by atoms with Crippen LogP contribution < -0.4 is 14.9 Å². The highest BCUT2D eigenvalue weighted by Gasteiger charge is 2.42. The maximum atomic E-state index is 13.6. The molecule has 32 heavy (non-hydrogen) atoms. The number of benzene rings is 2. The lowest BCUT2D eigenvalue weighted by Gasteiger charge is -2.26. The third-order valence-corrected chi connectivity index (χ3v) is 5.85. The number of aryl methyl sites for hydroxylation is 1. The Bertz CT molecular complexity index is 1230. The summed E-state index contributed by atoms with van der Waals surface area (Å²) < 4.78 is 16.9. The summed E-state index contributed by atoms with van der Waals surface area (Å²) in [6.45, 7) is 3.24. The van der Waals surface area contributed by atoms with Crippen LogP contribution in [-0.4, -0.2) is 57.1 Å². The number of methoxy groups -OCH3 is 2. The largest absolute Gasteiger partial charge is 0.493 e. The number of hydrogen-bond donors (Lipinski definition) is 0. The van der Waals surface area contributed by atoms with Crippen molar-refractivity contribution in [1.82, 2.24) is 9.80 Å². The molecule has 3 aromatic rings. The van der Waals surface area contributed by atoms with Gasteiger partial charge < -0.3 is 23.7 Å². The van der Waals surface area contributed by atoms with Gasteiger partial charge in [0.2, 0.25) is 5.76 Å². The summed E-state index contributed by atoms with van der Waals surface area (Å²) >= 11 is 0. The van der Waals surface area contributed by atoms with Crippen molar-refractivity contribution in [3.63, 3.8) is 0 Å². The van der Waals surface area contributed by atoms with Gasteiger partial charge in [-0.2, -0.15) is 0 Å². The first-order chi connectivity index (χ1) is 15.3. The van der Waals surface area contributed by atoms with Gasteiger partial charge in [0.1, 0.15) is 5.58 Å². The Morgan fingerprint density at radius 1 is 1.03 bits per heavy atom. The first-order valence-corrected chi connectivity index (χ1v) is 10.6. The number of carbonyl (C=O) groups excluding carboxylic acids is 1. The van der Waals surface area contributed by atoms with E-state index in [1.165, 1.54) is 0 Å². The summed E-state index contributed by atoms with van der Waals surface area (Å²) in [6.07, 6.45) is 0.767. The van der Waals surface area contributed by atoms with Gasteiger partial charge in [0.25, 0.3) is 5.91 Å². The summed E-state index contributed by atoms with van der Waals surface area (Å²) in [5, 5.41) is 0.483. The van der Waals surface area contributed by atoms with E-state index in [0.29, 0.717) is 34.6 Å². The van der Waals surface area contributed by atoms with E-state index in [1.54, 1.807) is 31.3 Å². The van der Waals surface area contributed by atoms with E-state index < -0.39 is 6.04 Å². The zero-order valence-corrected chi connectivity index (χ0v) is 19.1. The van der Waals surface area contributed by atoms with E-state index in [4.69, 9.17) is 13.9 Å². The summed E-state index contributed by atoms with van der Waals surface area (Å²) in [5.74, 6) is 0.982. The molecule has 1 atom stereocenters. The van der Waals surface area contributed by atoms with Gasteiger partial charge in [0.15, 0.2) is 16.9 Å². The number of rotatable bonds is 7. The van der Waals surface area contributed by atoms with Crippen LogP contribution in [0.15, 0.2) is 45.6 Å². The lowest BCUT2D eigenvalue weighted by Crippen LogP contribution is -2.32. The van der Waals surface area contributed by atoms with Gasteiger partial charge in [-0.05, 0) is 63.8 Å². The number of fused-ring (bicyclic) bond motifs is 2. The van der Waals surface area contributed by atoms with Gasteiger partial charge in [0, 0.05) is 6.54 Å². The van der Waals surface area contributed by atoms with Crippen molar-refractivity contribution in [2.75, 3.05) is 41.4 Å². The van der Waals surface area contributed by atoms with Gasteiger partial charge in [-0.3, -0.25) is 9.59 Å². The quantitative estimate of drug-likeness (QED) is 0.563. The molecule has 1 unspecified atom stereocenters. The van der Waals surface area contributed by atoms with Gasteiger partial charge in [-0.15, -0.1) is 0 Å². The van der Waals surface area contributed by atoms with Crippen LogP contribution in [0, 0.1) is 6.92 Å². The highest BCUT2D eigenvalue weighted by Crippen LogP contribution is 2.41. The Kier molecular flexibility index (Phi) is 5.93. The second-order valence-electron chi connectivity index (χ2n) is 8.35. The fourth-order valence-corrected chi connectivity index (χ4v) is 4.29. The topological polar surface area (TPSA) is 72.2 Å². The van der Waals surface area contributed by atoms with Crippen molar-refractivity contribution < 1.29 is 18.7 Å². The van der Waals surface area contributed by atoms with Gasteiger partial charge in [0.05, 0.1) is 31.2 Å². The fourth-order valence-electron chi connectivity index (χ4n) is 4.29. The molecule has 0 N–H and O–H groups in total. The number of ether oxygens (including phenoxy) is 2. The molecule has 168 valence electrons. The SMILES string of the molecule is COc1ccc(C2c3c(oc4ccc(C)cc4c3=O)C(=O)N2CCCN(C)C)cc1OC. The zero-order chi connectivity index (χ0) is 23.0. The average molecular weight is 437 g/mol. The number of amides is 1. The third-order valence-electron chi connectivity index (χ3n) is 5.85. The molecule has 7 nitrogen and oxygen atoms in total. The first-order valence-electron chi connectivity index (χ1n) is 10.6. The zero-order valence-electron chi connectivity index (χ0n) is 19.1. The van der Waals surface area contributed by atoms with Crippen LogP contribution in [-0.2, 0) is 0 Å². The van der Waals surface area contributed by atoms with Crippen LogP contribution >= 0.6 is 0 Å². The molecule has 0 aliphatic carbocycles. The molecule has 1 aliphatic heterocycles. The van der Waals surface area contributed by atoms with Gasteiger partial charge in [-0.1, -0.05) is 17.7 Å². The minimum atomic E-state index is -0.555. The van der Waals surface area contributed by atoms with E-state index in [0.717, 1.165) is 24.1 Å². The normalized spacial score (nSPS) is 15.5. The van der Waals surface area contributed by atoms with Crippen molar-refractivity contribution in [3.05, 3.63) is 69.1 Å². The van der Waals surface area contributed by atoms with Crippen LogP contribution in [0.1, 0.15) is 39.7 Å². The fraction of sp³-hybridized carbons (Fsp3) is 0.360. The van der Waals surface area contributed by atoms with Crippen LogP contribution in [0.2, 0.25) is 0 Å². The smallest absolute Gasteiger partial charge is 0.290 e. The minimum Gasteiger partial charge on any atom is -0.493 e. The van der Waals surface area contributed by atoms with Crippen molar-refractivity contribution in [2.24, 2.45) is 0 Å². The summed E-state index contributed by atoms with van der Waals surface area (Å²) in [4.78, 5) is 30.8. The second-order valence-corrected chi connectivity index (χ2v) is 8.35. The second kappa shape index (κ2) is 8.67. The molecular formula is C25H28N2O5. The Hall–Kier alpha value is -3.32. The summed E-state index contributed by atoms with van der Waals surface area (Å²) in [6, 6.07) is 10.4. The maximum absolute atomic E-state index is 13.6. The van der Waals surface area contributed by atoms with E-state index in [1.807, 2.05) is 45.3 Å². The summed E-state index contributed by atoms with van der Waals surface area (Å²) in [7, 11) is 7.12. The average Bonchev–Trinajstić information content (AvgIpc) is 3.05. The lowest BCUT2D eigenvalue weighted by atomic mass is 9.97. The predicted octanol–water partition coefficient (Wildman–Crippen LogP) is 3.62. The maximum Gasteiger partial charge on any atom is 0.290 e. The van der Waals surface area contributed by atoms with Crippen molar-refractivity contribution >= 4 is 16.9 Å². The van der Waals surface area contributed by atoms with Crippen molar-refractivity contribution in [3.8, 4) is 11.5 Å². The Morgan fingerprint density at radius 3 is 2.47 bits per heavy atom. The van der Waals surface area contributed by atoms with Gasteiger partial charge in [-0.25, -0.2) is 0 Å². The van der Waals surface area contributed by atoms with Crippen LogP contribution in [0.25, 0.3) is 11.0 Å². The molecule has 2 heterocycles. The Morgan fingerprint density at radius 2 is 1.78 bits per heavy atom. The molecule has 0 saturated carbocycles. The van der Waals surface area contributed by atoms with Crippen LogP contribution in [0.4, 0.5) is 0 Å². The predicted molar refractivity (Wildman–Crippen MR) is 123 cm³/mol. The van der Waals surface area contributed by atoms with Crippen molar-refractivity contribution in [1.29, 1.82) is 0 Å². The molecule has 0 saturated heterocycles. The molecule has 0 bridgehead atoms. The summed E-state index contributed by atoms with van der Waals surface area (Å²) in [5.41, 5.74) is 2.37. The highest BCUT2D eigenvalue weighted by atomic mass is 16.5. The minimum absolute atomic E-state index is 0.121. The van der Waals surface area contributed by atoms with Crippen LogP contribution in [0.3, 0.4) is 0 Å². The highest BCUT2D eigenvalue weighted by molar-refractivity contribution is 5.99. The molecular weight excluding hydrogens is 408 g/mol. The molecule has 1 aliphatic rings. The van der Waals surface area contributed by atoms with Crippen molar-refractivity contribution in [2.45, 2.75) is 19.4 Å². The standard InChI is InChI=1S/C25H28N2O5/c1-15-7-9-18-17(13-15)23(28)21-22(16-8-10-19(30-4)20(14-16)31-5)27(12-6-11-26(2)3)25(29)24(21)32-18/h7-10,13-14,22H,6,11-12H2,1-5H3. The molecule has 1 aromatic heterocycles. The van der Waals surface area contributed by atoms with E-state index >= 15 is 0 Å².